The highest BCUT2D eigenvalue weighted by Gasteiger charge is 2.16. The maximum Gasteiger partial charge on any atom is 0.282 e. The highest BCUT2D eigenvalue weighted by molar-refractivity contribution is 9.10. The highest BCUT2D eigenvalue weighted by atomic mass is 79.9. The lowest BCUT2D eigenvalue weighted by molar-refractivity contribution is -0.384. The minimum Gasteiger partial charge on any atom is -0.493 e. The van der Waals surface area contributed by atoms with Crippen LogP contribution >= 0.6 is 31.9 Å². The summed E-state index contributed by atoms with van der Waals surface area (Å²) in [6.07, 6.45) is 2.37. The van der Waals surface area contributed by atoms with Crippen LogP contribution in [0.25, 0.3) is 10.9 Å². The van der Waals surface area contributed by atoms with Gasteiger partial charge in [0.25, 0.3) is 11.2 Å². The van der Waals surface area contributed by atoms with E-state index in [1.54, 1.807) is 36.5 Å². The first kappa shape index (κ1) is 27.5. The molecule has 0 fully saturated rings. The van der Waals surface area contributed by atoms with Gasteiger partial charge >= 0.3 is 0 Å². The number of hydrogen-bond donors (Lipinski definition) is 0. The molecule has 196 valence electrons. The first-order valence-corrected chi connectivity index (χ1v) is 13.3. The fourth-order valence-corrected chi connectivity index (χ4v) is 4.66. The summed E-state index contributed by atoms with van der Waals surface area (Å²) in [7, 11) is 1.53. The van der Waals surface area contributed by atoms with Crippen LogP contribution in [-0.4, -0.2) is 27.9 Å². The summed E-state index contributed by atoms with van der Waals surface area (Å²) >= 11 is 6.95. The molecule has 0 aliphatic rings. The Hall–Kier alpha value is -3.57. The Morgan fingerprint density at radius 2 is 1.89 bits per heavy atom. The number of fused-ring (bicyclic) bond motifs is 1. The van der Waals surface area contributed by atoms with E-state index >= 15 is 0 Å². The summed E-state index contributed by atoms with van der Waals surface area (Å²) < 4.78 is 14.2. The molecule has 3 aromatic carbocycles. The van der Waals surface area contributed by atoms with E-state index in [4.69, 9.17) is 14.5 Å². The lowest BCUT2D eigenvalue weighted by Gasteiger charge is -2.15. The quantitative estimate of drug-likeness (QED) is 0.113. The van der Waals surface area contributed by atoms with Crippen molar-refractivity contribution in [2.24, 2.45) is 5.10 Å². The van der Waals surface area contributed by atoms with Crippen LogP contribution in [0.2, 0.25) is 0 Å². The van der Waals surface area contributed by atoms with Gasteiger partial charge in [0, 0.05) is 22.5 Å². The first-order valence-electron chi connectivity index (χ1n) is 11.7. The van der Waals surface area contributed by atoms with E-state index in [1.165, 1.54) is 23.9 Å². The molecule has 0 saturated heterocycles. The monoisotopic (exact) mass is 642 g/mol. The van der Waals surface area contributed by atoms with Crippen molar-refractivity contribution < 1.29 is 14.4 Å². The van der Waals surface area contributed by atoms with Crippen LogP contribution in [-0.2, 0) is 6.61 Å². The lowest BCUT2D eigenvalue weighted by Crippen LogP contribution is -2.23. The Kier molecular flexibility index (Phi) is 8.58. The smallest absolute Gasteiger partial charge is 0.282 e. The third-order valence-electron chi connectivity index (χ3n) is 5.99. The summed E-state index contributed by atoms with van der Waals surface area (Å²) in [5.74, 6) is 1.53. The first-order chi connectivity index (χ1) is 18.2. The summed E-state index contributed by atoms with van der Waals surface area (Å²) in [6, 6.07) is 15.1. The van der Waals surface area contributed by atoms with Crippen LogP contribution in [0.4, 0.5) is 5.69 Å². The Labute approximate surface area is 235 Å². The molecule has 38 heavy (non-hydrogen) atoms. The Morgan fingerprint density at radius 3 is 2.55 bits per heavy atom. The van der Waals surface area contributed by atoms with Crippen molar-refractivity contribution in [2.75, 3.05) is 7.11 Å². The largest absolute Gasteiger partial charge is 0.493 e. The highest BCUT2D eigenvalue weighted by Crippen LogP contribution is 2.37. The molecular weight excluding hydrogens is 620 g/mol. The second-order valence-corrected chi connectivity index (χ2v) is 10.3. The van der Waals surface area contributed by atoms with E-state index in [9.17, 15) is 14.9 Å². The zero-order valence-corrected chi connectivity index (χ0v) is 24.0. The maximum atomic E-state index is 13.4. The van der Waals surface area contributed by atoms with Crippen LogP contribution in [0.1, 0.15) is 43.1 Å². The van der Waals surface area contributed by atoms with Crippen LogP contribution in [0, 0.1) is 10.1 Å². The van der Waals surface area contributed by atoms with Gasteiger partial charge in [0.05, 0.1) is 33.6 Å². The average molecular weight is 644 g/mol. The third kappa shape index (κ3) is 5.94. The Balaban J connectivity index is 1.65. The molecule has 0 spiro atoms. The van der Waals surface area contributed by atoms with Crippen molar-refractivity contribution in [3.8, 4) is 11.5 Å². The fraction of sp³-hybridized carbons (Fsp3) is 0.222. The van der Waals surface area contributed by atoms with E-state index in [-0.39, 0.29) is 23.8 Å². The Bertz CT molecular complexity index is 1590. The molecule has 0 N–H and O–H groups in total. The molecule has 4 rings (SSSR count). The molecule has 0 saturated carbocycles. The number of nitro groups is 1. The molecule has 4 aromatic rings. The van der Waals surface area contributed by atoms with Gasteiger partial charge in [-0.05, 0) is 75.9 Å². The number of nitrogens with zero attached hydrogens (tertiary/aromatic N) is 4. The van der Waals surface area contributed by atoms with E-state index in [2.05, 4.69) is 37.0 Å². The predicted molar refractivity (Wildman–Crippen MR) is 154 cm³/mol. The number of benzene rings is 3. The van der Waals surface area contributed by atoms with Gasteiger partial charge in [-0.1, -0.05) is 29.8 Å². The van der Waals surface area contributed by atoms with Crippen LogP contribution in [0.3, 0.4) is 0 Å². The van der Waals surface area contributed by atoms with Crippen molar-refractivity contribution in [3.63, 3.8) is 0 Å². The zero-order chi connectivity index (χ0) is 27.4. The standard InChI is InChI=1S/C27H24Br2N4O5/c1-4-16(2)26-31-23-10-7-19(28)13-21(23)27(34)32(26)30-14-18-11-22(29)25(24(12-18)37-3)38-15-17-5-8-20(9-6-17)33(35)36/h5-14,16H,4,15H2,1-3H3/t16-/m0/s1. The molecule has 11 heteroatoms. The molecule has 1 atom stereocenters. The number of rotatable bonds is 9. The minimum atomic E-state index is -0.447. The lowest BCUT2D eigenvalue weighted by atomic mass is 10.1. The molecule has 0 aliphatic carbocycles. The molecule has 9 nitrogen and oxygen atoms in total. The van der Waals surface area contributed by atoms with Crippen molar-refractivity contribution in [1.29, 1.82) is 0 Å². The average Bonchev–Trinajstić information content (AvgIpc) is 2.91. The van der Waals surface area contributed by atoms with E-state index in [0.717, 1.165) is 16.5 Å². The van der Waals surface area contributed by atoms with Gasteiger partial charge in [-0.2, -0.15) is 9.78 Å². The van der Waals surface area contributed by atoms with E-state index < -0.39 is 4.92 Å². The minimum absolute atomic E-state index is 0.0148. The van der Waals surface area contributed by atoms with Crippen molar-refractivity contribution in [3.05, 3.63) is 101 Å². The van der Waals surface area contributed by atoms with Crippen molar-refractivity contribution in [1.82, 2.24) is 9.66 Å². The van der Waals surface area contributed by atoms with Gasteiger partial charge in [-0.25, -0.2) is 4.98 Å². The van der Waals surface area contributed by atoms with E-state index in [0.29, 0.717) is 38.3 Å². The number of aromatic nitrogens is 2. The van der Waals surface area contributed by atoms with Gasteiger partial charge in [0.2, 0.25) is 0 Å². The summed E-state index contributed by atoms with van der Waals surface area (Å²) in [5.41, 5.74) is 1.83. The number of ether oxygens (including phenoxy) is 2. The topological polar surface area (TPSA) is 109 Å². The number of non-ortho nitro benzene ring substituents is 1. The van der Waals surface area contributed by atoms with Crippen LogP contribution in [0.15, 0.2) is 73.4 Å². The Morgan fingerprint density at radius 1 is 1.16 bits per heavy atom. The maximum absolute atomic E-state index is 13.4. The number of hydrogen-bond acceptors (Lipinski definition) is 7. The van der Waals surface area contributed by atoms with Gasteiger partial charge in [0.15, 0.2) is 11.5 Å². The third-order valence-corrected chi connectivity index (χ3v) is 7.07. The second kappa shape index (κ2) is 11.9. The molecule has 0 bridgehead atoms. The summed E-state index contributed by atoms with van der Waals surface area (Å²) in [4.78, 5) is 28.5. The molecule has 0 unspecified atom stereocenters. The number of nitro benzene ring substituents is 1. The molecule has 0 amide bonds. The molecular formula is C27H24Br2N4O5. The van der Waals surface area contributed by atoms with Crippen molar-refractivity contribution in [2.45, 2.75) is 32.8 Å². The molecule has 1 aromatic heterocycles. The van der Waals surface area contributed by atoms with Gasteiger partial charge in [-0.15, -0.1) is 0 Å². The van der Waals surface area contributed by atoms with Crippen LogP contribution < -0.4 is 15.0 Å². The number of methoxy groups -OCH3 is 1. The van der Waals surface area contributed by atoms with E-state index in [1.807, 2.05) is 26.0 Å². The summed E-state index contributed by atoms with van der Waals surface area (Å²) in [6.45, 7) is 4.23. The normalized spacial score (nSPS) is 12.1. The molecule has 1 heterocycles. The number of halogens is 2. The van der Waals surface area contributed by atoms with Gasteiger partial charge in [-0.3, -0.25) is 14.9 Å². The molecule has 0 radical (unpaired) electrons. The van der Waals surface area contributed by atoms with Gasteiger partial charge < -0.3 is 9.47 Å². The SMILES string of the molecule is CC[C@H](C)c1nc2ccc(Br)cc2c(=O)n1N=Cc1cc(Br)c(OCc2ccc([N+](=O)[O-])cc2)c(OC)c1. The fourth-order valence-electron chi connectivity index (χ4n) is 3.73. The van der Waals surface area contributed by atoms with Gasteiger partial charge in [0.1, 0.15) is 12.4 Å². The van der Waals surface area contributed by atoms with Crippen molar-refractivity contribution >= 4 is 54.7 Å². The second-order valence-electron chi connectivity index (χ2n) is 8.55. The zero-order valence-electron chi connectivity index (χ0n) is 20.9. The molecule has 0 aliphatic heterocycles. The predicted octanol–water partition coefficient (Wildman–Crippen LogP) is 6.81. The summed E-state index contributed by atoms with van der Waals surface area (Å²) in [5, 5.41) is 15.9. The van der Waals surface area contributed by atoms with Crippen LogP contribution in [0.5, 0.6) is 11.5 Å².